The van der Waals surface area contributed by atoms with E-state index in [1.54, 1.807) is 0 Å². The third-order valence-electron chi connectivity index (χ3n) is 12.6. The second-order valence-electron chi connectivity index (χ2n) is 16.7. The summed E-state index contributed by atoms with van der Waals surface area (Å²) in [5.41, 5.74) is 17.0. The van der Waals surface area contributed by atoms with E-state index < -0.39 is 0 Å². The number of ether oxygens (including phenoxy) is 1. The lowest BCUT2D eigenvalue weighted by Gasteiger charge is -2.42. The van der Waals surface area contributed by atoms with Crippen LogP contribution in [0.4, 0.5) is 34.1 Å². The Bertz CT molecular complexity index is 2870. The maximum Gasteiger partial charge on any atom is 0.151 e. The fourth-order valence-corrected chi connectivity index (χ4v) is 9.60. The maximum absolute atomic E-state index is 6.31. The van der Waals surface area contributed by atoms with Gasteiger partial charge in [0.25, 0.3) is 0 Å². The summed E-state index contributed by atoms with van der Waals surface area (Å²) in [5.74, 6) is 1.73. The number of para-hydroxylation sites is 6. The third kappa shape index (κ3) is 5.12. The summed E-state index contributed by atoms with van der Waals surface area (Å²) in [6.45, 7) is 9.38. The third-order valence-corrected chi connectivity index (χ3v) is 12.6. The molecule has 0 spiro atoms. The van der Waals surface area contributed by atoms with Crippen molar-refractivity contribution >= 4 is 57.0 Å². The van der Waals surface area contributed by atoms with Crippen molar-refractivity contribution in [3.8, 4) is 22.6 Å². The molecule has 11 rings (SSSR count). The molecule has 0 atom stereocenters. The largest absolute Gasteiger partial charge is 0.453 e. The Hall–Kier alpha value is -6.84. The molecule has 0 N–H and O–H groups in total. The van der Waals surface area contributed by atoms with Crippen molar-refractivity contribution in [1.82, 2.24) is 0 Å². The summed E-state index contributed by atoms with van der Waals surface area (Å²) in [6.07, 6.45) is 4.50. The van der Waals surface area contributed by atoms with Crippen LogP contribution in [0.15, 0.2) is 170 Å². The van der Waals surface area contributed by atoms with E-state index in [4.69, 9.17) is 4.74 Å². The first-order valence-electron chi connectivity index (χ1n) is 19.9. The molecule has 0 saturated carbocycles. The first-order chi connectivity index (χ1) is 27.8. The summed E-state index contributed by atoms with van der Waals surface area (Å²) in [6, 6.07) is 61.8. The highest BCUT2D eigenvalue weighted by molar-refractivity contribution is 5.94. The van der Waals surface area contributed by atoms with E-state index in [2.05, 4.69) is 195 Å². The molecule has 0 bridgehead atoms. The van der Waals surface area contributed by atoms with E-state index in [1.165, 1.54) is 72.3 Å². The van der Waals surface area contributed by atoms with Crippen molar-refractivity contribution in [2.75, 3.05) is 9.80 Å². The van der Waals surface area contributed by atoms with Crippen LogP contribution in [0.5, 0.6) is 11.5 Å². The zero-order valence-electron chi connectivity index (χ0n) is 32.6. The van der Waals surface area contributed by atoms with E-state index >= 15 is 0 Å². The molecule has 57 heavy (non-hydrogen) atoms. The molecular weight excluding hydrogens is 693 g/mol. The SMILES string of the molecule is CC1(C)c2cc(/C=C/c3ccc4cc(N5c6ccccc6C(C)(C)c6ccccc65)ccc4c3)ccc2-c2ccc(N3c4ccccc4Oc4ccccc43)cc21. The Morgan fingerprint density at radius 2 is 0.825 bits per heavy atom. The molecule has 2 aliphatic heterocycles. The smallest absolute Gasteiger partial charge is 0.151 e. The van der Waals surface area contributed by atoms with Gasteiger partial charge in [-0.25, -0.2) is 0 Å². The number of anilines is 6. The van der Waals surface area contributed by atoms with Crippen molar-refractivity contribution in [2.45, 2.75) is 38.5 Å². The Morgan fingerprint density at radius 1 is 0.386 bits per heavy atom. The van der Waals surface area contributed by atoms with E-state index in [9.17, 15) is 0 Å². The molecule has 0 unspecified atom stereocenters. The molecule has 1 aliphatic carbocycles. The fraction of sp³-hybridized carbons (Fsp3) is 0.111. The minimum Gasteiger partial charge on any atom is -0.453 e. The van der Waals surface area contributed by atoms with Gasteiger partial charge in [-0.05, 0) is 122 Å². The number of benzene rings is 8. The van der Waals surface area contributed by atoms with E-state index in [0.717, 1.165) is 28.6 Å². The molecular formula is C54H42N2O. The summed E-state index contributed by atoms with van der Waals surface area (Å²) < 4.78 is 6.31. The van der Waals surface area contributed by atoms with Crippen molar-refractivity contribution in [3.63, 3.8) is 0 Å². The van der Waals surface area contributed by atoms with Gasteiger partial charge < -0.3 is 14.5 Å². The van der Waals surface area contributed by atoms with Crippen molar-refractivity contribution < 1.29 is 4.74 Å². The first kappa shape index (κ1) is 33.5. The van der Waals surface area contributed by atoms with Crippen LogP contribution in [0, 0.1) is 0 Å². The second kappa shape index (κ2) is 12.3. The summed E-state index contributed by atoms with van der Waals surface area (Å²) in [4.78, 5) is 4.76. The predicted octanol–water partition coefficient (Wildman–Crippen LogP) is 15.0. The molecule has 8 aromatic rings. The highest BCUT2D eigenvalue weighted by atomic mass is 16.5. The van der Waals surface area contributed by atoms with E-state index in [-0.39, 0.29) is 10.8 Å². The molecule has 0 fully saturated rings. The van der Waals surface area contributed by atoms with Crippen LogP contribution in [-0.2, 0) is 10.8 Å². The number of hydrogen-bond donors (Lipinski definition) is 0. The molecule has 0 amide bonds. The van der Waals surface area contributed by atoms with Gasteiger partial charge in [0.1, 0.15) is 0 Å². The van der Waals surface area contributed by atoms with Gasteiger partial charge in [-0.1, -0.05) is 143 Å². The Labute approximate surface area is 334 Å². The average molecular weight is 735 g/mol. The molecule has 3 aliphatic rings. The van der Waals surface area contributed by atoms with E-state index in [1.807, 2.05) is 24.3 Å². The lowest BCUT2D eigenvalue weighted by Crippen LogP contribution is -2.30. The number of rotatable bonds is 4. The van der Waals surface area contributed by atoms with Gasteiger partial charge in [-0.3, -0.25) is 0 Å². The normalized spacial score (nSPS) is 15.3. The monoisotopic (exact) mass is 734 g/mol. The van der Waals surface area contributed by atoms with Crippen LogP contribution in [0.2, 0.25) is 0 Å². The average Bonchev–Trinajstić information content (AvgIpc) is 3.46. The molecule has 0 saturated heterocycles. The molecule has 8 aromatic carbocycles. The van der Waals surface area contributed by atoms with Crippen molar-refractivity contribution in [3.05, 3.63) is 203 Å². The highest BCUT2D eigenvalue weighted by Gasteiger charge is 2.38. The Morgan fingerprint density at radius 3 is 1.49 bits per heavy atom. The number of fused-ring (bicyclic) bond motifs is 8. The summed E-state index contributed by atoms with van der Waals surface area (Å²) >= 11 is 0. The standard InChI is InChI=1S/C54H42N2O/c1-53(2)43-13-5-7-15-47(43)55(48-16-8-6-14-44(48)53)39-27-26-37-31-35(23-25-38(37)33-39)21-22-36-24-29-41-42-30-28-40(34-46(42)54(3,4)45(41)32-36)56-49-17-9-11-19-51(49)57-52-20-12-10-18-50(52)56/h5-34H,1-4H3/b22-21+. The topological polar surface area (TPSA) is 15.7 Å². The van der Waals surface area contributed by atoms with Crippen LogP contribution in [0.25, 0.3) is 34.1 Å². The zero-order chi connectivity index (χ0) is 38.5. The fourth-order valence-electron chi connectivity index (χ4n) is 9.60. The van der Waals surface area contributed by atoms with Crippen LogP contribution in [-0.4, -0.2) is 0 Å². The van der Waals surface area contributed by atoms with Gasteiger partial charge in [0.2, 0.25) is 0 Å². The minimum atomic E-state index is -0.165. The van der Waals surface area contributed by atoms with Crippen LogP contribution in [0.3, 0.4) is 0 Å². The van der Waals surface area contributed by atoms with Crippen molar-refractivity contribution in [2.24, 2.45) is 0 Å². The molecule has 0 aromatic heterocycles. The van der Waals surface area contributed by atoms with Gasteiger partial charge >= 0.3 is 0 Å². The van der Waals surface area contributed by atoms with Crippen LogP contribution >= 0.6 is 0 Å². The quantitative estimate of drug-likeness (QED) is 0.167. The van der Waals surface area contributed by atoms with Gasteiger partial charge in [-0.2, -0.15) is 0 Å². The molecule has 3 heteroatoms. The summed E-state index contributed by atoms with van der Waals surface area (Å²) in [7, 11) is 0. The predicted molar refractivity (Wildman–Crippen MR) is 238 cm³/mol. The van der Waals surface area contributed by atoms with Crippen LogP contribution < -0.4 is 14.5 Å². The number of nitrogens with zero attached hydrogens (tertiary/aromatic N) is 2. The molecule has 2 heterocycles. The Kier molecular flexibility index (Phi) is 7.25. The lowest BCUT2D eigenvalue weighted by atomic mass is 9.73. The van der Waals surface area contributed by atoms with Crippen molar-refractivity contribution in [1.29, 1.82) is 0 Å². The minimum absolute atomic E-state index is 0.0754. The number of hydrogen-bond acceptors (Lipinski definition) is 3. The highest BCUT2D eigenvalue weighted by Crippen LogP contribution is 2.55. The maximum atomic E-state index is 6.31. The molecule has 274 valence electrons. The molecule has 3 nitrogen and oxygen atoms in total. The van der Waals surface area contributed by atoms with Gasteiger partial charge in [0.05, 0.1) is 22.7 Å². The van der Waals surface area contributed by atoms with Gasteiger partial charge in [-0.15, -0.1) is 0 Å². The summed E-state index contributed by atoms with van der Waals surface area (Å²) in [5, 5.41) is 2.46. The lowest BCUT2D eigenvalue weighted by molar-refractivity contribution is 0.477. The van der Waals surface area contributed by atoms with Gasteiger partial charge in [0, 0.05) is 22.2 Å². The van der Waals surface area contributed by atoms with Gasteiger partial charge in [0.15, 0.2) is 11.5 Å². The Balaban J connectivity index is 0.890. The molecule has 0 radical (unpaired) electrons. The van der Waals surface area contributed by atoms with E-state index in [0.29, 0.717) is 0 Å². The second-order valence-corrected chi connectivity index (χ2v) is 16.7. The first-order valence-corrected chi connectivity index (χ1v) is 19.9. The van der Waals surface area contributed by atoms with Crippen LogP contribution in [0.1, 0.15) is 61.1 Å². The zero-order valence-corrected chi connectivity index (χ0v) is 32.6.